The van der Waals surface area contributed by atoms with Crippen molar-refractivity contribution in [2.45, 2.75) is 32.1 Å². The number of carbonyl (C=O) groups is 1. The van der Waals surface area contributed by atoms with Gasteiger partial charge < -0.3 is 9.67 Å². The van der Waals surface area contributed by atoms with Crippen LogP contribution in [-0.4, -0.2) is 15.6 Å². The third-order valence-corrected chi connectivity index (χ3v) is 4.06. The lowest BCUT2D eigenvalue weighted by Gasteiger charge is -2.20. The zero-order valence-electron chi connectivity index (χ0n) is 10.7. The molecule has 18 heavy (non-hydrogen) atoms. The van der Waals surface area contributed by atoms with Gasteiger partial charge in [-0.2, -0.15) is 0 Å². The molecule has 1 N–H and O–H groups in total. The SMILES string of the molecule is Cc1ccc2c3c(n(C)c2c1)C(C(=O)O)CCC3. The summed E-state index contributed by atoms with van der Waals surface area (Å²) in [5.74, 6) is -1.04. The molecular weight excluding hydrogens is 226 g/mol. The topological polar surface area (TPSA) is 42.2 Å². The molecule has 3 heteroatoms. The summed E-state index contributed by atoms with van der Waals surface area (Å²) < 4.78 is 2.08. The number of aryl methyl sites for hydroxylation is 3. The van der Waals surface area contributed by atoms with E-state index >= 15 is 0 Å². The van der Waals surface area contributed by atoms with Crippen molar-refractivity contribution in [2.75, 3.05) is 0 Å². The highest BCUT2D eigenvalue weighted by Crippen LogP contribution is 2.38. The fraction of sp³-hybridized carbons (Fsp3) is 0.400. The summed E-state index contributed by atoms with van der Waals surface area (Å²) in [6.45, 7) is 2.07. The van der Waals surface area contributed by atoms with E-state index in [9.17, 15) is 9.90 Å². The molecule has 1 unspecified atom stereocenters. The van der Waals surface area contributed by atoms with Gasteiger partial charge in [-0.1, -0.05) is 12.1 Å². The first-order valence-corrected chi connectivity index (χ1v) is 6.40. The molecule has 1 aromatic heterocycles. The molecule has 1 aromatic carbocycles. The van der Waals surface area contributed by atoms with Crippen LogP contribution in [0.3, 0.4) is 0 Å². The van der Waals surface area contributed by atoms with Crippen LogP contribution in [0.4, 0.5) is 0 Å². The van der Waals surface area contributed by atoms with Gasteiger partial charge in [-0.25, -0.2) is 0 Å². The number of aliphatic carboxylic acids is 1. The minimum Gasteiger partial charge on any atom is -0.481 e. The van der Waals surface area contributed by atoms with Crippen molar-refractivity contribution in [1.29, 1.82) is 0 Å². The molecule has 1 aliphatic rings. The Labute approximate surface area is 106 Å². The van der Waals surface area contributed by atoms with E-state index in [1.807, 2.05) is 7.05 Å². The monoisotopic (exact) mass is 243 g/mol. The number of rotatable bonds is 1. The Morgan fingerprint density at radius 1 is 1.44 bits per heavy atom. The summed E-state index contributed by atoms with van der Waals surface area (Å²) in [5.41, 5.74) is 4.63. The van der Waals surface area contributed by atoms with Crippen LogP contribution >= 0.6 is 0 Å². The minimum atomic E-state index is -0.696. The zero-order chi connectivity index (χ0) is 12.9. The summed E-state index contributed by atoms with van der Waals surface area (Å²) in [7, 11) is 1.99. The van der Waals surface area contributed by atoms with E-state index in [4.69, 9.17) is 0 Å². The molecule has 0 saturated heterocycles. The number of carboxylic acid groups (broad SMARTS) is 1. The maximum atomic E-state index is 11.4. The molecule has 1 atom stereocenters. The zero-order valence-corrected chi connectivity index (χ0v) is 10.7. The van der Waals surface area contributed by atoms with E-state index in [2.05, 4.69) is 29.7 Å². The molecule has 0 bridgehead atoms. The van der Waals surface area contributed by atoms with E-state index in [1.165, 1.54) is 16.5 Å². The molecule has 0 spiro atoms. The summed E-state index contributed by atoms with van der Waals surface area (Å²) in [5, 5.41) is 10.6. The molecule has 94 valence electrons. The van der Waals surface area contributed by atoms with Crippen LogP contribution in [0.5, 0.6) is 0 Å². The van der Waals surface area contributed by atoms with E-state index in [1.54, 1.807) is 0 Å². The maximum absolute atomic E-state index is 11.4. The van der Waals surface area contributed by atoms with Crippen molar-refractivity contribution in [3.8, 4) is 0 Å². The third-order valence-electron chi connectivity index (χ3n) is 4.06. The van der Waals surface area contributed by atoms with E-state index in [-0.39, 0.29) is 5.92 Å². The maximum Gasteiger partial charge on any atom is 0.312 e. The van der Waals surface area contributed by atoms with Crippen molar-refractivity contribution < 1.29 is 9.90 Å². The van der Waals surface area contributed by atoms with Crippen LogP contribution in [-0.2, 0) is 18.3 Å². The van der Waals surface area contributed by atoms with Crippen molar-refractivity contribution in [2.24, 2.45) is 7.05 Å². The molecule has 0 fully saturated rings. The van der Waals surface area contributed by atoms with Gasteiger partial charge in [0.1, 0.15) is 0 Å². The highest BCUT2D eigenvalue weighted by Gasteiger charge is 2.30. The van der Waals surface area contributed by atoms with Gasteiger partial charge in [0.2, 0.25) is 0 Å². The summed E-state index contributed by atoms with van der Waals surface area (Å²) in [4.78, 5) is 11.4. The molecule has 1 aliphatic carbocycles. The Hall–Kier alpha value is -1.77. The van der Waals surface area contributed by atoms with Crippen LogP contribution in [0.25, 0.3) is 10.9 Å². The van der Waals surface area contributed by atoms with Crippen LogP contribution < -0.4 is 0 Å². The van der Waals surface area contributed by atoms with Crippen molar-refractivity contribution in [1.82, 2.24) is 4.57 Å². The molecule has 0 amide bonds. The van der Waals surface area contributed by atoms with Gasteiger partial charge >= 0.3 is 5.97 Å². The lowest BCUT2D eigenvalue weighted by molar-refractivity contribution is -0.139. The minimum absolute atomic E-state index is 0.341. The first kappa shape index (κ1) is 11.3. The Morgan fingerprint density at radius 2 is 2.22 bits per heavy atom. The molecule has 3 nitrogen and oxygen atoms in total. The van der Waals surface area contributed by atoms with Gasteiger partial charge in [-0.05, 0) is 43.4 Å². The summed E-state index contributed by atoms with van der Waals surface area (Å²) in [6, 6.07) is 6.38. The predicted molar refractivity (Wildman–Crippen MR) is 71.0 cm³/mol. The highest BCUT2D eigenvalue weighted by molar-refractivity contribution is 5.89. The van der Waals surface area contributed by atoms with Crippen LogP contribution in [0.15, 0.2) is 18.2 Å². The lowest BCUT2D eigenvalue weighted by atomic mass is 9.86. The quantitative estimate of drug-likeness (QED) is 0.836. The van der Waals surface area contributed by atoms with Crippen LogP contribution in [0.2, 0.25) is 0 Å². The molecule has 0 radical (unpaired) electrons. The number of benzene rings is 1. The van der Waals surface area contributed by atoms with Crippen LogP contribution in [0, 0.1) is 6.92 Å². The highest BCUT2D eigenvalue weighted by atomic mass is 16.4. The molecule has 3 rings (SSSR count). The second-order valence-electron chi connectivity index (χ2n) is 5.23. The molecular formula is C15H17NO2. The fourth-order valence-corrected chi connectivity index (χ4v) is 3.21. The smallest absolute Gasteiger partial charge is 0.312 e. The number of hydrogen-bond donors (Lipinski definition) is 1. The van der Waals surface area contributed by atoms with Gasteiger partial charge in [0.15, 0.2) is 0 Å². The van der Waals surface area contributed by atoms with Gasteiger partial charge in [0, 0.05) is 23.6 Å². The second-order valence-corrected chi connectivity index (χ2v) is 5.23. The number of hydrogen-bond acceptors (Lipinski definition) is 1. The fourth-order valence-electron chi connectivity index (χ4n) is 3.21. The third kappa shape index (κ3) is 1.47. The summed E-state index contributed by atoms with van der Waals surface area (Å²) >= 11 is 0. The Balaban J connectivity index is 2.33. The van der Waals surface area contributed by atoms with Crippen molar-refractivity contribution in [3.63, 3.8) is 0 Å². The number of nitrogens with zero attached hydrogens (tertiary/aromatic N) is 1. The first-order valence-electron chi connectivity index (χ1n) is 6.40. The van der Waals surface area contributed by atoms with Crippen molar-refractivity contribution in [3.05, 3.63) is 35.0 Å². The van der Waals surface area contributed by atoms with Crippen LogP contribution in [0.1, 0.15) is 35.6 Å². The first-order chi connectivity index (χ1) is 8.59. The van der Waals surface area contributed by atoms with Crippen molar-refractivity contribution >= 4 is 16.9 Å². The molecule has 0 saturated carbocycles. The number of carboxylic acids is 1. The molecule has 1 heterocycles. The average molecular weight is 243 g/mol. The normalized spacial score (nSPS) is 18.9. The van der Waals surface area contributed by atoms with E-state index in [0.29, 0.717) is 0 Å². The average Bonchev–Trinajstić information content (AvgIpc) is 2.63. The number of fused-ring (bicyclic) bond motifs is 3. The molecule has 2 aromatic rings. The van der Waals surface area contributed by atoms with E-state index in [0.717, 1.165) is 30.5 Å². The van der Waals surface area contributed by atoms with Gasteiger partial charge in [-0.3, -0.25) is 4.79 Å². The second kappa shape index (κ2) is 3.87. The van der Waals surface area contributed by atoms with Gasteiger partial charge in [0.05, 0.1) is 5.92 Å². The predicted octanol–water partition coefficient (Wildman–Crippen LogP) is 2.99. The van der Waals surface area contributed by atoms with E-state index < -0.39 is 5.97 Å². The largest absolute Gasteiger partial charge is 0.481 e. The lowest BCUT2D eigenvalue weighted by Crippen LogP contribution is -2.20. The number of aromatic nitrogens is 1. The Morgan fingerprint density at radius 3 is 2.94 bits per heavy atom. The Bertz CT molecular complexity index is 639. The molecule has 0 aliphatic heterocycles. The standard InChI is InChI=1S/C15H17NO2/c1-9-6-7-10-11-4-3-5-12(15(17)18)14(11)16(2)13(10)8-9/h6-8,12H,3-5H2,1-2H3,(H,17,18). The Kier molecular flexibility index (Phi) is 2.44. The summed E-state index contributed by atoms with van der Waals surface area (Å²) in [6.07, 6.45) is 2.72. The van der Waals surface area contributed by atoms with Gasteiger partial charge in [-0.15, -0.1) is 0 Å². The van der Waals surface area contributed by atoms with Gasteiger partial charge in [0.25, 0.3) is 0 Å².